The van der Waals surface area contributed by atoms with Gasteiger partial charge in [-0.1, -0.05) is 0 Å². The monoisotopic (exact) mass is 337 g/mol. The van der Waals surface area contributed by atoms with E-state index in [1.165, 1.54) is 6.92 Å². The largest absolute Gasteiger partial charge is 0.481 e. The molecule has 0 saturated heterocycles. The first-order valence-electron chi connectivity index (χ1n) is 4.46. The Balaban J connectivity index is -0.0000000510. The van der Waals surface area contributed by atoms with Gasteiger partial charge in [-0.15, -0.1) is 0 Å². The second-order valence-corrected chi connectivity index (χ2v) is 2.86. The minimum absolute atomic E-state index is 0.468. The first kappa shape index (κ1) is 31.3. The smallest absolute Gasteiger partial charge is 0.321 e. The van der Waals surface area contributed by atoms with Gasteiger partial charge in [0.2, 0.25) is 0 Å². The average molecular weight is 337 g/mol. The van der Waals surface area contributed by atoms with Crippen LogP contribution in [0.3, 0.4) is 0 Å². The lowest BCUT2D eigenvalue weighted by Gasteiger charge is -1.79. The molecule has 12 nitrogen and oxygen atoms in total. The van der Waals surface area contributed by atoms with Crippen LogP contribution in [0.15, 0.2) is 0 Å². The van der Waals surface area contributed by atoms with Crippen molar-refractivity contribution in [3.05, 3.63) is 0 Å². The lowest BCUT2D eigenvalue weighted by Crippen LogP contribution is -2.03. The predicted molar refractivity (Wildman–Crippen MR) is 69.3 cm³/mol. The number of rotatable bonds is 0. The van der Waals surface area contributed by atoms with Crippen LogP contribution in [0, 0.1) is 0 Å². The van der Waals surface area contributed by atoms with Crippen LogP contribution in [0.4, 0.5) is 0 Å². The summed E-state index contributed by atoms with van der Waals surface area (Å²) in [5.74, 6) is 1.35. The number of carboxylic acid groups (broad SMARTS) is 3. The van der Waals surface area contributed by atoms with E-state index >= 15 is 0 Å². The molecule has 0 aromatic heterocycles. The molecule has 7 N–H and O–H groups in total. The zero-order valence-corrected chi connectivity index (χ0v) is 12.5. The van der Waals surface area contributed by atoms with Gasteiger partial charge < -0.3 is 20.2 Å². The molecule has 0 heterocycles. The van der Waals surface area contributed by atoms with Gasteiger partial charge in [0.1, 0.15) is 0 Å². The van der Waals surface area contributed by atoms with Crippen molar-refractivity contribution in [2.45, 2.75) is 27.7 Å². The first-order chi connectivity index (χ1) is 9.20. The van der Waals surface area contributed by atoms with Crippen LogP contribution in [-0.2, 0) is 35.4 Å². The van der Waals surface area contributed by atoms with Crippen LogP contribution in [-0.4, -0.2) is 52.5 Å². The molecule has 0 fully saturated rings. The van der Waals surface area contributed by atoms with E-state index in [9.17, 15) is 4.79 Å². The molecule has 0 aliphatic heterocycles. The SMILES string of the molecule is CC(=O)O.CC(=O)O.CC(=O)O.CC(=O)ON.O=S(O)O. The summed E-state index contributed by atoms with van der Waals surface area (Å²) < 4.78 is 22.8. The number of carboxylic acids is 3. The molecule has 0 atom stereocenters. The molecule has 0 spiro atoms. The topological polar surface area (TPSA) is 222 Å². The summed E-state index contributed by atoms with van der Waals surface area (Å²) in [6.07, 6.45) is 0. The highest BCUT2D eigenvalue weighted by molar-refractivity contribution is 7.73. The number of hydrogen-bond acceptors (Lipinski definition) is 7. The van der Waals surface area contributed by atoms with Crippen molar-refractivity contribution in [3.63, 3.8) is 0 Å². The second kappa shape index (κ2) is 26.5. The quantitative estimate of drug-likeness (QED) is 0.240. The Morgan fingerprint density at radius 2 is 0.857 bits per heavy atom. The standard InChI is InChI=1S/C2H5NO2.3C2H4O2.H2O3S/c1-2(4)5-3;3*1-2(3)4;1-4(2)3/h3H2,1H3;3*1H3,(H,3,4);(H2,1,2,3). The highest BCUT2D eigenvalue weighted by Crippen LogP contribution is 1.55. The van der Waals surface area contributed by atoms with Gasteiger partial charge in [0.15, 0.2) is 0 Å². The summed E-state index contributed by atoms with van der Waals surface area (Å²) in [5.41, 5.74) is 0. The van der Waals surface area contributed by atoms with Gasteiger partial charge in [0, 0.05) is 27.7 Å². The van der Waals surface area contributed by atoms with E-state index in [0.717, 1.165) is 20.8 Å². The van der Waals surface area contributed by atoms with Crippen LogP contribution < -0.4 is 5.90 Å². The molecule has 0 unspecified atom stereocenters. The van der Waals surface area contributed by atoms with Gasteiger partial charge in [0.05, 0.1) is 0 Å². The highest BCUT2D eigenvalue weighted by atomic mass is 32.2. The third kappa shape index (κ3) is 560000. The number of aliphatic carboxylic acids is 3. The van der Waals surface area contributed by atoms with Gasteiger partial charge in [-0.2, -0.15) is 10.1 Å². The molecule has 0 aromatic rings. The Labute approximate surface area is 122 Å². The molecule has 0 aromatic carbocycles. The normalized spacial score (nSPS) is 6.86. The van der Waals surface area contributed by atoms with Gasteiger partial charge in [-0.25, -0.2) is 0 Å². The number of nitrogens with two attached hydrogens (primary N) is 1. The van der Waals surface area contributed by atoms with E-state index in [1.54, 1.807) is 0 Å². The molecular weight excluding hydrogens is 318 g/mol. The van der Waals surface area contributed by atoms with Crippen molar-refractivity contribution in [3.8, 4) is 0 Å². The molecule has 0 saturated carbocycles. The summed E-state index contributed by atoms with van der Waals surface area (Å²) in [5, 5.41) is 22.2. The lowest BCUT2D eigenvalue weighted by molar-refractivity contribution is -0.141. The number of carbonyl (C=O) groups is 4. The fourth-order valence-electron chi connectivity index (χ4n) is 0. The maximum Gasteiger partial charge on any atom is 0.321 e. The fourth-order valence-corrected chi connectivity index (χ4v) is 0. The van der Waals surface area contributed by atoms with Crippen LogP contribution >= 0.6 is 0 Å². The van der Waals surface area contributed by atoms with E-state index in [1.807, 2.05) is 0 Å². The van der Waals surface area contributed by atoms with Crippen molar-refractivity contribution in [1.29, 1.82) is 0 Å². The van der Waals surface area contributed by atoms with Crippen LogP contribution in [0.1, 0.15) is 27.7 Å². The van der Waals surface area contributed by atoms with Gasteiger partial charge in [-0.05, 0) is 0 Å². The minimum atomic E-state index is -2.61. The van der Waals surface area contributed by atoms with Crippen molar-refractivity contribution in [2.75, 3.05) is 0 Å². The summed E-state index contributed by atoms with van der Waals surface area (Å²) in [4.78, 5) is 40.1. The van der Waals surface area contributed by atoms with E-state index in [0.29, 0.717) is 0 Å². The summed E-state index contributed by atoms with van der Waals surface area (Å²) in [6, 6.07) is 0. The highest BCUT2D eigenvalue weighted by Gasteiger charge is 1.77. The molecular formula is C8H19NO11S. The van der Waals surface area contributed by atoms with Crippen molar-refractivity contribution < 1.29 is 52.6 Å². The van der Waals surface area contributed by atoms with Crippen molar-refractivity contribution in [1.82, 2.24) is 0 Å². The third-order valence-corrected chi connectivity index (χ3v) is 0.166. The molecule has 0 bridgehead atoms. The molecule has 0 aliphatic carbocycles. The van der Waals surface area contributed by atoms with Crippen LogP contribution in [0.2, 0.25) is 0 Å². The lowest BCUT2D eigenvalue weighted by atomic mass is 10.8. The minimum Gasteiger partial charge on any atom is -0.481 e. The second-order valence-electron chi connectivity index (χ2n) is 2.40. The fraction of sp³-hybridized carbons (Fsp3) is 0.500. The number of hydrogen-bond donors (Lipinski definition) is 6. The third-order valence-electron chi connectivity index (χ3n) is 0.166. The predicted octanol–water partition coefficient (Wildman–Crippen LogP) is -0.623. The molecule has 13 heteroatoms. The summed E-state index contributed by atoms with van der Waals surface area (Å²) in [6.45, 7) is 4.49. The Morgan fingerprint density at radius 1 is 0.810 bits per heavy atom. The van der Waals surface area contributed by atoms with E-state index in [-0.39, 0.29) is 0 Å². The van der Waals surface area contributed by atoms with Crippen molar-refractivity contribution >= 4 is 35.2 Å². The van der Waals surface area contributed by atoms with Gasteiger partial charge in [0.25, 0.3) is 29.3 Å². The molecule has 0 rings (SSSR count). The Bertz CT molecular complexity index is 253. The van der Waals surface area contributed by atoms with Crippen LogP contribution in [0.25, 0.3) is 0 Å². The van der Waals surface area contributed by atoms with Gasteiger partial charge in [-0.3, -0.25) is 28.3 Å². The Hall–Kier alpha value is -2.09. The Morgan fingerprint density at radius 3 is 0.857 bits per heavy atom. The van der Waals surface area contributed by atoms with E-state index < -0.39 is 35.2 Å². The van der Waals surface area contributed by atoms with Crippen molar-refractivity contribution in [2.24, 2.45) is 5.90 Å². The maximum atomic E-state index is 9.47. The molecule has 0 aliphatic rings. The first-order valence-corrected chi connectivity index (χ1v) is 5.52. The van der Waals surface area contributed by atoms with Crippen LogP contribution in [0.5, 0.6) is 0 Å². The van der Waals surface area contributed by atoms with E-state index in [4.69, 9.17) is 43.0 Å². The van der Waals surface area contributed by atoms with E-state index in [2.05, 4.69) is 10.7 Å². The molecule has 0 radical (unpaired) electrons. The maximum absolute atomic E-state index is 9.47. The molecule has 128 valence electrons. The molecule has 21 heavy (non-hydrogen) atoms. The zero-order valence-electron chi connectivity index (χ0n) is 11.7. The van der Waals surface area contributed by atoms with Gasteiger partial charge >= 0.3 is 5.97 Å². The zero-order chi connectivity index (χ0) is 18.6. The summed E-state index contributed by atoms with van der Waals surface area (Å²) >= 11 is -2.61. The summed E-state index contributed by atoms with van der Waals surface area (Å²) in [7, 11) is 0. The Kier molecular flexibility index (Phi) is 39.5. The average Bonchev–Trinajstić information content (AvgIpc) is 2.13. The number of carbonyl (C=O) groups excluding carboxylic acids is 1. The molecule has 0 amide bonds.